The van der Waals surface area contributed by atoms with Crippen molar-refractivity contribution in [2.75, 3.05) is 46.9 Å². The maximum absolute atomic E-state index is 12.4. The SMILES string of the molecule is COc1ccc(CCN2CCC(CN(C)C(=O)C3CCCO3)CC2)cc1. The second-order valence-corrected chi connectivity index (χ2v) is 7.60. The summed E-state index contributed by atoms with van der Waals surface area (Å²) >= 11 is 0. The molecule has 1 amide bonds. The van der Waals surface area contributed by atoms with Crippen LogP contribution in [0.3, 0.4) is 0 Å². The van der Waals surface area contributed by atoms with Gasteiger partial charge in [0, 0.05) is 26.7 Å². The summed E-state index contributed by atoms with van der Waals surface area (Å²) in [4.78, 5) is 16.8. The van der Waals surface area contributed by atoms with E-state index in [0.717, 1.165) is 57.8 Å². The van der Waals surface area contributed by atoms with E-state index in [9.17, 15) is 4.79 Å². The van der Waals surface area contributed by atoms with Gasteiger partial charge in [-0.1, -0.05) is 12.1 Å². The van der Waals surface area contributed by atoms with Gasteiger partial charge in [0.1, 0.15) is 11.9 Å². The van der Waals surface area contributed by atoms with E-state index in [-0.39, 0.29) is 12.0 Å². The predicted octanol–water partition coefficient (Wildman–Crippen LogP) is 2.59. The molecule has 26 heavy (non-hydrogen) atoms. The number of likely N-dealkylation sites (tertiary alicyclic amines) is 1. The number of benzene rings is 1. The number of hydrogen-bond acceptors (Lipinski definition) is 4. The smallest absolute Gasteiger partial charge is 0.251 e. The third-order valence-corrected chi connectivity index (χ3v) is 5.70. The van der Waals surface area contributed by atoms with Gasteiger partial charge in [0.2, 0.25) is 0 Å². The minimum Gasteiger partial charge on any atom is -0.497 e. The van der Waals surface area contributed by atoms with Gasteiger partial charge in [0.15, 0.2) is 0 Å². The van der Waals surface area contributed by atoms with Gasteiger partial charge in [-0.05, 0) is 68.8 Å². The summed E-state index contributed by atoms with van der Waals surface area (Å²) in [6.07, 6.45) is 5.12. The highest BCUT2D eigenvalue weighted by Gasteiger charge is 2.28. The minimum absolute atomic E-state index is 0.171. The Kier molecular flexibility index (Phi) is 6.92. The first-order valence-corrected chi connectivity index (χ1v) is 9.87. The highest BCUT2D eigenvalue weighted by molar-refractivity contribution is 5.80. The second kappa shape index (κ2) is 9.38. The molecule has 1 unspecified atom stereocenters. The molecule has 0 aromatic heterocycles. The molecule has 2 aliphatic heterocycles. The van der Waals surface area contributed by atoms with E-state index in [4.69, 9.17) is 9.47 Å². The molecule has 5 heteroatoms. The van der Waals surface area contributed by atoms with Gasteiger partial charge >= 0.3 is 0 Å². The Labute approximate surface area is 157 Å². The highest BCUT2D eigenvalue weighted by Crippen LogP contribution is 2.21. The third kappa shape index (κ3) is 5.21. The Morgan fingerprint density at radius 1 is 1.23 bits per heavy atom. The summed E-state index contributed by atoms with van der Waals surface area (Å²) in [7, 11) is 3.63. The lowest BCUT2D eigenvalue weighted by atomic mass is 9.95. The molecule has 144 valence electrons. The van der Waals surface area contributed by atoms with Crippen molar-refractivity contribution in [3.63, 3.8) is 0 Å². The number of nitrogens with zero attached hydrogens (tertiary/aromatic N) is 2. The summed E-state index contributed by atoms with van der Waals surface area (Å²) < 4.78 is 10.7. The van der Waals surface area contributed by atoms with Crippen LogP contribution in [0.1, 0.15) is 31.2 Å². The molecule has 5 nitrogen and oxygen atoms in total. The van der Waals surface area contributed by atoms with E-state index in [1.807, 2.05) is 24.1 Å². The molecule has 2 aliphatic rings. The van der Waals surface area contributed by atoms with Crippen LogP contribution in [0.25, 0.3) is 0 Å². The van der Waals surface area contributed by atoms with Crippen molar-refractivity contribution in [1.29, 1.82) is 0 Å². The molecule has 0 aliphatic carbocycles. The van der Waals surface area contributed by atoms with E-state index >= 15 is 0 Å². The molecule has 2 heterocycles. The zero-order valence-electron chi connectivity index (χ0n) is 16.2. The van der Waals surface area contributed by atoms with Crippen LogP contribution >= 0.6 is 0 Å². The van der Waals surface area contributed by atoms with Crippen molar-refractivity contribution < 1.29 is 14.3 Å². The van der Waals surface area contributed by atoms with Crippen LogP contribution in [0.15, 0.2) is 24.3 Å². The first kappa shape index (κ1) is 19.2. The molecule has 2 fully saturated rings. The van der Waals surface area contributed by atoms with Gasteiger partial charge in [0.05, 0.1) is 7.11 Å². The monoisotopic (exact) mass is 360 g/mol. The molecule has 3 rings (SSSR count). The van der Waals surface area contributed by atoms with Crippen LogP contribution in [-0.2, 0) is 16.0 Å². The van der Waals surface area contributed by atoms with Gasteiger partial charge in [-0.25, -0.2) is 0 Å². The van der Waals surface area contributed by atoms with Gasteiger partial charge in [-0.2, -0.15) is 0 Å². The van der Waals surface area contributed by atoms with Crippen LogP contribution in [0.2, 0.25) is 0 Å². The number of amides is 1. The number of methoxy groups -OCH3 is 1. The molecule has 0 N–H and O–H groups in total. The lowest BCUT2D eigenvalue weighted by molar-refractivity contribution is -0.140. The van der Waals surface area contributed by atoms with Crippen molar-refractivity contribution in [3.05, 3.63) is 29.8 Å². The van der Waals surface area contributed by atoms with E-state index in [1.54, 1.807) is 7.11 Å². The van der Waals surface area contributed by atoms with Crippen LogP contribution < -0.4 is 4.74 Å². The predicted molar refractivity (Wildman–Crippen MR) is 102 cm³/mol. The van der Waals surface area contributed by atoms with Gasteiger partial charge < -0.3 is 19.3 Å². The lowest BCUT2D eigenvalue weighted by Crippen LogP contribution is -2.42. The molecule has 1 atom stereocenters. The first-order valence-electron chi connectivity index (χ1n) is 9.87. The zero-order chi connectivity index (χ0) is 18.4. The topological polar surface area (TPSA) is 42.0 Å². The van der Waals surface area contributed by atoms with Crippen molar-refractivity contribution in [2.45, 2.75) is 38.2 Å². The second-order valence-electron chi connectivity index (χ2n) is 7.60. The molecule has 1 aromatic carbocycles. The maximum atomic E-state index is 12.4. The summed E-state index contributed by atoms with van der Waals surface area (Å²) in [6.45, 7) is 4.96. The molecular weight excluding hydrogens is 328 g/mol. The molecular formula is C21H32N2O3. The Hall–Kier alpha value is -1.59. The van der Waals surface area contributed by atoms with Crippen molar-refractivity contribution in [1.82, 2.24) is 9.80 Å². The van der Waals surface area contributed by atoms with Gasteiger partial charge in [-0.3, -0.25) is 4.79 Å². The number of hydrogen-bond donors (Lipinski definition) is 0. The zero-order valence-corrected chi connectivity index (χ0v) is 16.2. The molecule has 0 radical (unpaired) electrons. The molecule has 1 aromatic rings. The van der Waals surface area contributed by atoms with Crippen molar-refractivity contribution in [2.24, 2.45) is 5.92 Å². The van der Waals surface area contributed by atoms with E-state index in [0.29, 0.717) is 5.92 Å². The van der Waals surface area contributed by atoms with Crippen molar-refractivity contribution >= 4 is 5.91 Å². The summed E-state index contributed by atoms with van der Waals surface area (Å²) in [5.74, 6) is 1.70. The Bertz CT molecular complexity index is 561. The molecule has 0 bridgehead atoms. The normalized spacial score (nSPS) is 21.7. The number of rotatable bonds is 7. The number of ether oxygens (including phenoxy) is 2. The number of carbonyl (C=O) groups is 1. The van der Waals surface area contributed by atoms with Crippen LogP contribution in [0.4, 0.5) is 0 Å². The fraction of sp³-hybridized carbons (Fsp3) is 0.667. The van der Waals surface area contributed by atoms with Crippen LogP contribution in [0, 0.1) is 5.92 Å². The van der Waals surface area contributed by atoms with Gasteiger partial charge in [-0.15, -0.1) is 0 Å². The van der Waals surface area contributed by atoms with Crippen LogP contribution in [-0.4, -0.2) is 68.8 Å². The van der Waals surface area contributed by atoms with E-state index in [2.05, 4.69) is 17.0 Å². The Balaban J connectivity index is 1.36. The van der Waals surface area contributed by atoms with Crippen LogP contribution in [0.5, 0.6) is 5.75 Å². The quantitative estimate of drug-likeness (QED) is 0.750. The average molecular weight is 360 g/mol. The fourth-order valence-electron chi connectivity index (χ4n) is 3.97. The average Bonchev–Trinajstić information content (AvgIpc) is 3.22. The largest absolute Gasteiger partial charge is 0.497 e. The Morgan fingerprint density at radius 3 is 2.58 bits per heavy atom. The Morgan fingerprint density at radius 2 is 1.96 bits per heavy atom. The minimum atomic E-state index is -0.190. The molecule has 0 saturated carbocycles. The lowest BCUT2D eigenvalue weighted by Gasteiger charge is -2.34. The van der Waals surface area contributed by atoms with E-state index < -0.39 is 0 Å². The summed E-state index contributed by atoms with van der Waals surface area (Å²) in [5.41, 5.74) is 1.36. The number of piperidine rings is 1. The molecule has 2 saturated heterocycles. The summed E-state index contributed by atoms with van der Waals surface area (Å²) in [5, 5.41) is 0. The summed E-state index contributed by atoms with van der Waals surface area (Å²) in [6, 6.07) is 8.36. The van der Waals surface area contributed by atoms with E-state index in [1.165, 1.54) is 18.4 Å². The van der Waals surface area contributed by atoms with Crippen molar-refractivity contribution in [3.8, 4) is 5.75 Å². The molecule has 0 spiro atoms. The number of carbonyl (C=O) groups excluding carboxylic acids is 1. The maximum Gasteiger partial charge on any atom is 0.251 e. The first-order chi connectivity index (χ1) is 12.7. The standard InChI is InChI=1S/C21H32N2O3/c1-22(21(24)20-4-3-15-26-20)16-18-10-13-23(14-11-18)12-9-17-5-7-19(25-2)8-6-17/h5-8,18,20H,3-4,9-16H2,1-2H3. The third-order valence-electron chi connectivity index (χ3n) is 5.70. The fourth-order valence-corrected chi connectivity index (χ4v) is 3.97. The van der Waals surface area contributed by atoms with Gasteiger partial charge in [0.25, 0.3) is 5.91 Å². The number of likely N-dealkylation sites (N-methyl/N-ethyl adjacent to an activating group) is 1. The highest BCUT2D eigenvalue weighted by atomic mass is 16.5.